The first-order valence-electron chi connectivity index (χ1n) is 6.47. The van der Waals surface area contributed by atoms with Gasteiger partial charge in [0.2, 0.25) is 0 Å². The van der Waals surface area contributed by atoms with Crippen molar-refractivity contribution in [3.05, 3.63) is 24.7 Å². The number of alkyl halides is 1. The summed E-state index contributed by atoms with van der Waals surface area (Å²) in [4.78, 5) is 4.41. The summed E-state index contributed by atoms with van der Waals surface area (Å²) in [5.41, 5.74) is 1.04. The van der Waals surface area contributed by atoms with Crippen molar-refractivity contribution in [2.24, 2.45) is 5.92 Å². The summed E-state index contributed by atoms with van der Waals surface area (Å²) in [6.45, 7) is 0. The van der Waals surface area contributed by atoms with Crippen molar-refractivity contribution in [1.82, 2.24) is 14.6 Å². The van der Waals surface area contributed by atoms with E-state index in [9.17, 15) is 0 Å². The summed E-state index contributed by atoms with van der Waals surface area (Å²) in [6.07, 6.45) is 10.2. The number of hydrogen-bond donors (Lipinski definition) is 1. The number of aromatic nitrogens is 3. The minimum Gasteiger partial charge on any atom is -0.366 e. The maximum atomic E-state index is 5.91. The van der Waals surface area contributed by atoms with Gasteiger partial charge in [0.05, 0.1) is 6.20 Å². The second-order valence-electron chi connectivity index (χ2n) is 4.95. The lowest BCUT2D eigenvalue weighted by atomic mass is 9.87. The lowest BCUT2D eigenvalue weighted by Crippen LogP contribution is -2.27. The number of rotatable bonds is 3. The summed E-state index contributed by atoms with van der Waals surface area (Å²) >= 11 is 5.91. The third-order valence-corrected chi connectivity index (χ3v) is 4.17. The first-order valence-corrected chi connectivity index (χ1v) is 7.01. The minimum absolute atomic E-state index is 0.512. The Morgan fingerprint density at radius 3 is 2.89 bits per heavy atom. The van der Waals surface area contributed by atoms with Crippen LogP contribution >= 0.6 is 11.6 Å². The van der Waals surface area contributed by atoms with Crippen molar-refractivity contribution in [3.8, 4) is 0 Å². The van der Waals surface area contributed by atoms with E-state index in [1.165, 1.54) is 25.7 Å². The van der Waals surface area contributed by atoms with Crippen LogP contribution in [0.15, 0.2) is 24.7 Å². The molecule has 96 valence electrons. The molecule has 5 heteroatoms. The van der Waals surface area contributed by atoms with Gasteiger partial charge in [0.15, 0.2) is 5.82 Å². The molecule has 1 fully saturated rings. The van der Waals surface area contributed by atoms with Crippen molar-refractivity contribution in [2.75, 3.05) is 11.2 Å². The van der Waals surface area contributed by atoms with E-state index in [-0.39, 0.29) is 0 Å². The molecule has 1 aliphatic rings. The molecule has 0 aromatic carbocycles. The van der Waals surface area contributed by atoms with Crippen LogP contribution in [-0.2, 0) is 0 Å². The average molecular weight is 265 g/mol. The molecular weight excluding hydrogens is 248 g/mol. The standard InChI is InChI=1S/C13H17ClN4/c14-9-10-1-3-11(4-2-10)17-13-12-5-6-16-18(12)8-7-15-13/h5-8,10-11H,1-4,9H2,(H,15,17). The maximum Gasteiger partial charge on any atom is 0.152 e. The lowest BCUT2D eigenvalue weighted by Gasteiger charge is -2.28. The van der Waals surface area contributed by atoms with E-state index in [0.717, 1.165) is 17.2 Å². The van der Waals surface area contributed by atoms with Gasteiger partial charge in [0.25, 0.3) is 0 Å². The average Bonchev–Trinajstić information content (AvgIpc) is 2.89. The number of nitrogens with one attached hydrogen (secondary N) is 1. The van der Waals surface area contributed by atoms with E-state index in [1.54, 1.807) is 12.4 Å². The van der Waals surface area contributed by atoms with E-state index >= 15 is 0 Å². The van der Waals surface area contributed by atoms with Crippen molar-refractivity contribution in [1.29, 1.82) is 0 Å². The molecule has 2 heterocycles. The van der Waals surface area contributed by atoms with Crippen LogP contribution in [0.4, 0.5) is 5.82 Å². The molecule has 18 heavy (non-hydrogen) atoms. The molecule has 1 saturated carbocycles. The van der Waals surface area contributed by atoms with Crippen molar-refractivity contribution < 1.29 is 0 Å². The quantitative estimate of drug-likeness (QED) is 0.867. The zero-order chi connectivity index (χ0) is 12.4. The Morgan fingerprint density at radius 2 is 2.11 bits per heavy atom. The number of anilines is 1. The molecule has 2 aromatic heterocycles. The first-order chi connectivity index (χ1) is 8.86. The predicted octanol–water partition coefficient (Wildman–Crippen LogP) is 2.94. The molecule has 1 N–H and O–H groups in total. The summed E-state index contributed by atoms with van der Waals surface area (Å²) in [5.74, 6) is 2.43. The molecule has 0 atom stereocenters. The van der Waals surface area contributed by atoms with E-state index in [4.69, 9.17) is 11.6 Å². The lowest BCUT2D eigenvalue weighted by molar-refractivity contribution is 0.364. The zero-order valence-corrected chi connectivity index (χ0v) is 11.0. The molecule has 0 spiro atoms. The van der Waals surface area contributed by atoms with Crippen molar-refractivity contribution in [3.63, 3.8) is 0 Å². The SMILES string of the molecule is ClCC1CCC(Nc2nccn3nccc23)CC1. The van der Waals surface area contributed by atoms with E-state index in [2.05, 4.69) is 15.4 Å². The largest absolute Gasteiger partial charge is 0.366 e. The Labute approximate surface area is 111 Å². The summed E-state index contributed by atoms with van der Waals surface area (Å²) in [5, 5.41) is 7.76. The molecule has 0 unspecified atom stereocenters. The fourth-order valence-corrected chi connectivity index (χ4v) is 2.93. The van der Waals surface area contributed by atoms with Gasteiger partial charge in [-0.25, -0.2) is 9.50 Å². The maximum absolute atomic E-state index is 5.91. The minimum atomic E-state index is 0.512. The van der Waals surface area contributed by atoms with Gasteiger partial charge in [0, 0.05) is 24.3 Å². The van der Waals surface area contributed by atoms with Crippen LogP contribution in [-0.4, -0.2) is 26.5 Å². The molecule has 0 radical (unpaired) electrons. The number of nitrogens with zero attached hydrogens (tertiary/aromatic N) is 3. The number of hydrogen-bond acceptors (Lipinski definition) is 3. The Bertz CT molecular complexity index is 516. The van der Waals surface area contributed by atoms with Gasteiger partial charge in [-0.15, -0.1) is 11.6 Å². The molecule has 4 nitrogen and oxygen atoms in total. The monoisotopic (exact) mass is 264 g/mol. The molecule has 0 saturated heterocycles. The van der Waals surface area contributed by atoms with Gasteiger partial charge in [-0.1, -0.05) is 0 Å². The molecule has 1 aliphatic carbocycles. The Morgan fingerprint density at radius 1 is 1.28 bits per heavy atom. The van der Waals surface area contributed by atoms with Gasteiger partial charge in [-0.2, -0.15) is 5.10 Å². The Kier molecular flexibility index (Phi) is 3.37. The first kappa shape index (κ1) is 11.8. The van der Waals surface area contributed by atoms with Crippen LogP contribution in [0.25, 0.3) is 5.52 Å². The molecule has 3 rings (SSSR count). The van der Waals surface area contributed by atoms with Crippen LogP contribution in [0.3, 0.4) is 0 Å². The highest BCUT2D eigenvalue weighted by Crippen LogP contribution is 2.27. The summed E-state index contributed by atoms with van der Waals surface area (Å²) in [7, 11) is 0. The van der Waals surface area contributed by atoms with E-state index in [0.29, 0.717) is 12.0 Å². The molecule has 0 bridgehead atoms. The second kappa shape index (κ2) is 5.14. The van der Waals surface area contributed by atoms with Gasteiger partial charge in [0.1, 0.15) is 5.52 Å². The fraction of sp³-hybridized carbons (Fsp3) is 0.538. The molecule has 2 aromatic rings. The fourth-order valence-electron chi connectivity index (χ4n) is 2.62. The van der Waals surface area contributed by atoms with Gasteiger partial charge in [-0.05, 0) is 37.7 Å². The van der Waals surface area contributed by atoms with E-state index in [1.807, 2.05) is 16.8 Å². The van der Waals surface area contributed by atoms with Crippen molar-refractivity contribution in [2.45, 2.75) is 31.7 Å². The van der Waals surface area contributed by atoms with Crippen LogP contribution in [0.5, 0.6) is 0 Å². The summed E-state index contributed by atoms with van der Waals surface area (Å²) in [6, 6.07) is 2.50. The predicted molar refractivity (Wildman–Crippen MR) is 73.1 cm³/mol. The third-order valence-electron chi connectivity index (χ3n) is 3.73. The van der Waals surface area contributed by atoms with Gasteiger partial charge in [-0.3, -0.25) is 0 Å². The second-order valence-corrected chi connectivity index (χ2v) is 5.26. The third kappa shape index (κ3) is 2.29. The molecular formula is C13H17ClN4. The highest BCUT2D eigenvalue weighted by Gasteiger charge is 2.21. The number of fused-ring (bicyclic) bond motifs is 1. The highest BCUT2D eigenvalue weighted by atomic mass is 35.5. The summed E-state index contributed by atoms with van der Waals surface area (Å²) < 4.78 is 1.85. The Hall–Kier alpha value is -1.29. The Balaban J connectivity index is 1.71. The van der Waals surface area contributed by atoms with Crippen LogP contribution < -0.4 is 5.32 Å². The van der Waals surface area contributed by atoms with Gasteiger partial charge >= 0.3 is 0 Å². The molecule has 0 aliphatic heterocycles. The van der Waals surface area contributed by atoms with Crippen molar-refractivity contribution >= 4 is 22.9 Å². The zero-order valence-electron chi connectivity index (χ0n) is 10.2. The van der Waals surface area contributed by atoms with Crippen LogP contribution in [0, 0.1) is 5.92 Å². The normalized spacial score (nSPS) is 24.3. The van der Waals surface area contributed by atoms with Crippen LogP contribution in [0.2, 0.25) is 0 Å². The van der Waals surface area contributed by atoms with E-state index < -0.39 is 0 Å². The van der Waals surface area contributed by atoms with Gasteiger partial charge < -0.3 is 5.32 Å². The smallest absolute Gasteiger partial charge is 0.152 e. The number of halogens is 1. The topological polar surface area (TPSA) is 42.2 Å². The molecule has 0 amide bonds. The van der Waals surface area contributed by atoms with Crippen LogP contribution in [0.1, 0.15) is 25.7 Å². The highest BCUT2D eigenvalue weighted by molar-refractivity contribution is 6.18.